The van der Waals surface area contributed by atoms with Gasteiger partial charge >= 0.3 is 6.03 Å². The standard InChI is InChI=1S/C17H21N3O2/c18-17(22)19-11-5-1-2-8-16(21)20-15-10-9-13-6-3-4-7-14(13)12-15/h3-4,6-7,9-10,12H,1-2,5,8,11H2,(H,20,21)(H3,18,19,22). The van der Waals surface area contributed by atoms with Crippen molar-refractivity contribution in [1.29, 1.82) is 0 Å². The van der Waals surface area contributed by atoms with E-state index in [0.717, 1.165) is 35.7 Å². The van der Waals surface area contributed by atoms with Crippen LogP contribution < -0.4 is 16.4 Å². The van der Waals surface area contributed by atoms with Gasteiger partial charge in [0.05, 0.1) is 0 Å². The van der Waals surface area contributed by atoms with Crippen molar-refractivity contribution in [3.8, 4) is 0 Å². The summed E-state index contributed by atoms with van der Waals surface area (Å²) in [5, 5.41) is 7.71. The summed E-state index contributed by atoms with van der Waals surface area (Å²) in [5.41, 5.74) is 5.79. The molecule has 0 aliphatic heterocycles. The molecule has 4 N–H and O–H groups in total. The summed E-state index contributed by atoms with van der Waals surface area (Å²) in [6.07, 6.45) is 2.97. The molecule has 2 aromatic rings. The number of fused-ring (bicyclic) bond motifs is 1. The molecule has 2 aromatic carbocycles. The summed E-state index contributed by atoms with van der Waals surface area (Å²) in [6.45, 7) is 0.557. The van der Waals surface area contributed by atoms with E-state index in [4.69, 9.17) is 5.73 Å². The van der Waals surface area contributed by atoms with E-state index in [1.54, 1.807) is 0 Å². The summed E-state index contributed by atoms with van der Waals surface area (Å²) >= 11 is 0. The number of urea groups is 1. The summed E-state index contributed by atoms with van der Waals surface area (Å²) in [6, 6.07) is 13.4. The third kappa shape index (κ3) is 5.09. The Kier molecular flexibility index (Phi) is 5.77. The van der Waals surface area contributed by atoms with Crippen LogP contribution in [0.5, 0.6) is 0 Å². The van der Waals surface area contributed by atoms with Gasteiger partial charge < -0.3 is 16.4 Å². The second kappa shape index (κ2) is 8.02. The fraction of sp³-hybridized carbons (Fsp3) is 0.294. The lowest BCUT2D eigenvalue weighted by atomic mass is 10.1. The highest BCUT2D eigenvalue weighted by Crippen LogP contribution is 2.19. The van der Waals surface area contributed by atoms with Crippen molar-refractivity contribution in [3.05, 3.63) is 42.5 Å². The van der Waals surface area contributed by atoms with Gasteiger partial charge in [-0.15, -0.1) is 0 Å². The quantitative estimate of drug-likeness (QED) is 0.687. The highest BCUT2D eigenvalue weighted by atomic mass is 16.2. The van der Waals surface area contributed by atoms with Crippen LogP contribution in [0, 0.1) is 0 Å². The number of amides is 3. The van der Waals surface area contributed by atoms with Crippen LogP contribution in [0.1, 0.15) is 25.7 Å². The van der Waals surface area contributed by atoms with Crippen LogP contribution in [-0.2, 0) is 4.79 Å². The first kappa shape index (κ1) is 15.8. The maximum Gasteiger partial charge on any atom is 0.312 e. The van der Waals surface area contributed by atoms with E-state index in [1.165, 1.54) is 0 Å². The Morgan fingerprint density at radius 3 is 2.50 bits per heavy atom. The minimum atomic E-state index is -0.506. The molecule has 116 valence electrons. The first-order valence-electron chi connectivity index (χ1n) is 7.47. The largest absolute Gasteiger partial charge is 0.352 e. The van der Waals surface area contributed by atoms with Crippen molar-refractivity contribution in [2.24, 2.45) is 5.73 Å². The third-order valence-electron chi connectivity index (χ3n) is 3.41. The van der Waals surface area contributed by atoms with E-state index in [1.807, 2.05) is 42.5 Å². The first-order valence-corrected chi connectivity index (χ1v) is 7.47. The highest BCUT2D eigenvalue weighted by Gasteiger charge is 2.03. The van der Waals surface area contributed by atoms with Gasteiger partial charge in [0, 0.05) is 18.7 Å². The molecule has 0 radical (unpaired) electrons. The Morgan fingerprint density at radius 1 is 0.955 bits per heavy atom. The molecule has 0 unspecified atom stereocenters. The zero-order chi connectivity index (χ0) is 15.8. The van der Waals surface area contributed by atoms with E-state index in [9.17, 15) is 9.59 Å². The van der Waals surface area contributed by atoms with Crippen molar-refractivity contribution >= 4 is 28.4 Å². The Bertz CT molecular complexity index is 655. The maximum absolute atomic E-state index is 11.9. The van der Waals surface area contributed by atoms with Crippen LogP contribution in [0.3, 0.4) is 0 Å². The molecule has 0 bridgehead atoms. The normalized spacial score (nSPS) is 10.4. The highest BCUT2D eigenvalue weighted by molar-refractivity contribution is 5.94. The molecule has 0 saturated heterocycles. The molecule has 0 aromatic heterocycles. The van der Waals surface area contributed by atoms with Gasteiger partial charge in [0.2, 0.25) is 5.91 Å². The smallest absolute Gasteiger partial charge is 0.312 e. The molecule has 3 amide bonds. The summed E-state index contributed by atoms with van der Waals surface area (Å²) in [7, 11) is 0. The molecule has 0 saturated carbocycles. The molecule has 5 nitrogen and oxygen atoms in total. The van der Waals surface area contributed by atoms with Crippen LogP contribution in [0.4, 0.5) is 10.5 Å². The van der Waals surface area contributed by atoms with Crippen LogP contribution in [0.25, 0.3) is 10.8 Å². The number of rotatable bonds is 7. The number of nitrogens with one attached hydrogen (secondary N) is 2. The molecular formula is C17H21N3O2. The second-order valence-electron chi connectivity index (χ2n) is 5.21. The summed E-state index contributed by atoms with van der Waals surface area (Å²) in [4.78, 5) is 22.4. The second-order valence-corrected chi connectivity index (χ2v) is 5.21. The SMILES string of the molecule is NC(=O)NCCCCCC(=O)Nc1ccc2ccccc2c1. The average molecular weight is 299 g/mol. The van der Waals surface area contributed by atoms with E-state index in [2.05, 4.69) is 10.6 Å². The Hall–Kier alpha value is -2.56. The van der Waals surface area contributed by atoms with Crippen LogP contribution in [0.2, 0.25) is 0 Å². The molecule has 0 spiro atoms. The topological polar surface area (TPSA) is 84.2 Å². The van der Waals surface area contributed by atoms with Crippen molar-refractivity contribution in [1.82, 2.24) is 5.32 Å². The van der Waals surface area contributed by atoms with Crippen LogP contribution in [0.15, 0.2) is 42.5 Å². The van der Waals surface area contributed by atoms with Crippen molar-refractivity contribution < 1.29 is 9.59 Å². The molecule has 0 atom stereocenters. The molecule has 22 heavy (non-hydrogen) atoms. The predicted octanol–water partition coefficient (Wildman–Crippen LogP) is 3.01. The average Bonchev–Trinajstić information content (AvgIpc) is 2.50. The van der Waals surface area contributed by atoms with Gasteiger partial charge in [-0.2, -0.15) is 0 Å². The van der Waals surface area contributed by atoms with Gasteiger partial charge in [0.15, 0.2) is 0 Å². The van der Waals surface area contributed by atoms with Crippen molar-refractivity contribution in [3.63, 3.8) is 0 Å². The Labute approximate surface area is 129 Å². The predicted molar refractivity (Wildman–Crippen MR) is 88.6 cm³/mol. The monoisotopic (exact) mass is 299 g/mol. The van der Waals surface area contributed by atoms with Gasteiger partial charge in [-0.25, -0.2) is 4.79 Å². The minimum absolute atomic E-state index is 0.0122. The lowest BCUT2D eigenvalue weighted by Gasteiger charge is -2.07. The molecule has 2 rings (SSSR count). The van der Waals surface area contributed by atoms with Crippen LogP contribution >= 0.6 is 0 Å². The van der Waals surface area contributed by atoms with Crippen molar-refractivity contribution in [2.75, 3.05) is 11.9 Å². The van der Waals surface area contributed by atoms with Crippen LogP contribution in [-0.4, -0.2) is 18.5 Å². The zero-order valence-corrected chi connectivity index (χ0v) is 12.5. The maximum atomic E-state index is 11.9. The minimum Gasteiger partial charge on any atom is -0.352 e. The Balaban J connectivity index is 1.73. The molecule has 5 heteroatoms. The van der Waals surface area contributed by atoms with Crippen molar-refractivity contribution in [2.45, 2.75) is 25.7 Å². The number of anilines is 1. The number of carbonyl (C=O) groups is 2. The number of hydrogen-bond acceptors (Lipinski definition) is 2. The lowest BCUT2D eigenvalue weighted by Crippen LogP contribution is -2.29. The van der Waals surface area contributed by atoms with Gasteiger partial charge in [-0.3, -0.25) is 4.79 Å². The summed E-state index contributed by atoms with van der Waals surface area (Å²) < 4.78 is 0. The number of benzene rings is 2. The van der Waals surface area contributed by atoms with E-state index in [-0.39, 0.29) is 5.91 Å². The number of carbonyl (C=O) groups excluding carboxylic acids is 2. The molecule has 0 aliphatic rings. The van der Waals surface area contributed by atoms with E-state index >= 15 is 0 Å². The molecule has 0 heterocycles. The number of nitrogens with two attached hydrogens (primary N) is 1. The van der Waals surface area contributed by atoms with E-state index in [0.29, 0.717) is 13.0 Å². The zero-order valence-electron chi connectivity index (χ0n) is 12.5. The Morgan fingerprint density at radius 2 is 1.73 bits per heavy atom. The lowest BCUT2D eigenvalue weighted by molar-refractivity contribution is -0.116. The number of hydrogen-bond donors (Lipinski definition) is 3. The van der Waals surface area contributed by atoms with Gasteiger partial charge in [-0.1, -0.05) is 36.8 Å². The fourth-order valence-corrected chi connectivity index (χ4v) is 2.29. The van der Waals surface area contributed by atoms with Gasteiger partial charge in [-0.05, 0) is 35.7 Å². The fourth-order valence-electron chi connectivity index (χ4n) is 2.29. The molecule has 0 fully saturated rings. The van der Waals surface area contributed by atoms with Gasteiger partial charge in [0.1, 0.15) is 0 Å². The van der Waals surface area contributed by atoms with E-state index < -0.39 is 6.03 Å². The number of unbranched alkanes of at least 4 members (excludes halogenated alkanes) is 2. The first-order chi connectivity index (χ1) is 10.6. The summed E-state index contributed by atoms with van der Waals surface area (Å²) in [5.74, 6) is 0.0122. The molecule has 0 aliphatic carbocycles. The van der Waals surface area contributed by atoms with Gasteiger partial charge in [0.25, 0.3) is 0 Å². The molecular weight excluding hydrogens is 278 g/mol. The third-order valence-corrected chi connectivity index (χ3v) is 3.41. The number of primary amides is 1.